The number of hydrogen-bond acceptors (Lipinski definition) is 8. The third-order valence-corrected chi connectivity index (χ3v) is 5.45. The summed E-state index contributed by atoms with van der Waals surface area (Å²) in [6.45, 7) is 0.919. The number of thiazole rings is 1. The Morgan fingerprint density at radius 3 is 3.00 bits per heavy atom. The van der Waals surface area contributed by atoms with Gasteiger partial charge in [-0.05, 0) is 24.6 Å². The van der Waals surface area contributed by atoms with Crippen LogP contribution in [0.2, 0.25) is 0 Å². The molecule has 3 heterocycles. The molecule has 28 heavy (non-hydrogen) atoms. The highest BCUT2D eigenvalue weighted by molar-refractivity contribution is 7.17. The summed E-state index contributed by atoms with van der Waals surface area (Å²) < 4.78 is 20.8. The average molecular weight is 402 g/mol. The highest BCUT2D eigenvalue weighted by Crippen LogP contribution is 2.31. The molecule has 0 bridgehead atoms. The van der Waals surface area contributed by atoms with E-state index in [1.54, 1.807) is 5.51 Å². The number of nitrogens with one attached hydrogen (secondary N) is 2. The minimum absolute atomic E-state index is 0.00586. The predicted molar refractivity (Wildman–Crippen MR) is 106 cm³/mol. The molecule has 0 spiro atoms. The maximum absolute atomic E-state index is 14.6. The second-order valence-corrected chi connectivity index (χ2v) is 7.34. The zero-order valence-electron chi connectivity index (χ0n) is 14.8. The largest absolute Gasteiger partial charge is 0.380 e. The normalized spacial score (nSPS) is 19.5. The van der Waals surface area contributed by atoms with E-state index < -0.39 is 11.7 Å². The first-order chi connectivity index (χ1) is 13.5. The van der Waals surface area contributed by atoms with E-state index in [0.717, 1.165) is 16.3 Å². The Hall–Kier alpha value is -2.82. The highest BCUT2D eigenvalue weighted by Gasteiger charge is 2.25. The lowest BCUT2D eigenvalue weighted by molar-refractivity contribution is 0.0751. The molecule has 10 heteroatoms. The predicted octanol–water partition coefficient (Wildman–Crippen LogP) is 2.20. The first kappa shape index (κ1) is 18.5. The topological polar surface area (TPSA) is 128 Å². The number of hydrogen-bond donors (Lipinski definition) is 4. The molecule has 0 aliphatic carbocycles. The lowest BCUT2D eigenvalue weighted by atomic mass is 10.0. The van der Waals surface area contributed by atoms with Gasteiger partial charge in [0.1, 0.15) is 5.82 Å². The molecule has 2 aromatic heterocycles. The van der Waals surface area contributed by atoms with Crippen molar-refractivity contribution in [1.82, 2.24) is 9.97 Å². The van der Waals surface area contributed by atoms with E-state index in [9.17, 15) is 9.18 Å². The molecular formula is C18H19FN6O2S. The summed E-state index contributed by atoms with van der Waals surface area (Å²) in [6.07, 6.45) is 0.628. The number of nitrogens with zero attached hydrogens (tertiary/aromatic N) is 2. The van der Waals surface area contributed by atoms with E-state index in [0.29, 0.717) is 25.3 Å². The molecule has 1 aromatic carbocycles. The monoisotopic (exact) mass is 402 g/mol. The van der Waals surface area contributed by atoms with Crippen molar-refractivity contribution < 1.29 is 13.9 Å². The van der Waals surface area contributed by atoms with Gasteiger partial charge in [-0.3, -0.25) is 4.79 Å². The third-order valence-electron chi connectivity index (χ3n) is 4.57. The molecule has 1 saturated heterocycles. The van der Waals surface area contributed by atoms with Crippen molar-refractivity contribution in [2.45, 2.75) is 18.5 Å². The minimum Gasteiger partial charge on any atom is -0.380 e. The molecule has 1 amide bonds. The molecule has 0 saturated carbocycles. The van der Waals surface area contributed by atoms with Crippen LogP contribution in [0.4, 0.5) is 21.7 Å². The van der Waals surface area contributed by atoms with Crippen LogP contribution in [-0.4, -0.2) is 41.2 Å². The van der Waals surface area contributed by atoms with Crippen LogP contribution in [0.25, 0.3) is 10.2 Å². The minimum atomic E-state index is -0.778. The lowest BCUT2D eigenvalue weighted by Gasteiger charge is -2.30. The van der Waals surface area contributed by atoms with Crippen LogP contribution in [0.3, 0.4) is 0 Å². The van der Waals surface area contributed by atoms with Gasteiger partial charge < -0.3 is 26.8 Å². The number of fused-ring (bicyclic) bond motifs is 1. The molecule has 2 atom stereocenters. The SMILES string of the molecule is NC(=O)c1cc(F)c(NC2CCOCC2N)nc1Nc1cccc2ncsc12. The zero-order valence-corrected chi connectivity index (χ0v) is 15.6. The number of pyridine rings is 1. The molecule has 146 valence electrons. The van der Waals surface area contributed by atoms with Crippen LogP contribution in [0.5, 0.6) is 0 Å². The van der Waals surface area contributed by atoms with Crippen molar-refractivity contribution in [3.8, 4) is 0 Å². The summed E-state index contributed by atoms with van der Waals surface area (Å²) in [5, 5.41) is 6.13. The molecule has 8 nitrogen and oxygen atoms in total. The van der Waals surface area contributed by atoms with Gasteiger partial charge in [0.15, 0.2) is 11.6 Å². The number of primary amides is 1. The van der Waals surface area contributed by atoms with E-state index in [1.807, 2.05) is 18.2 Å². The van der Waals surface area contributed by atoms with Gasteiger partial charge in [-0.15, -0.1) is 11.3 Å². The second-order valence-electron chi connectivity index (χ2n) is 6.49. The number of amides is 1. The molecule has 0 radical (unpaired) electrons. The lowest BCUT2D eigenvalue weighted by Crippen LogP contribution is -2.47. The molecule has 6 N–H and O–H groups in total. The number of halogens is 1. The van der Waals surface area contributed by atoms with Crippen LogP contribution in [0.15, 0.2) is 29.8 Å². The van der Waals surface area contributed by atoms with E-state index >= 15 is 0 Å². The summed E-state index contributed by atoms with van der Waals surface area (Å²) in [6, 6.07) is 6.15. The van der Waals surface area contributed by atoms with E-state index in [-0.39, 0.29) is 29.3 Å². The van der Waals surface area contributed by atoms with Crippen LogP contribution in [0, 0.1) is 5.82 Å². The first-order valence-corrected chi connectivity index (χ1v) is 9.60. The number of nitrogens with two attached hydrogens (primary N) is 2. The Balaban J connectivity index is 1.70. The van der Waals surface area contributed by atoms with Gasteiger partial charge in [-0.1, -0.05) is 6.07 Å². The van der Waals surface area contributed by atoms with Crippen molar-refractivity contribution in [2.75, 3.05) is 23.8 Å². The summed E-state index contributed by atoms with van der Waals surface area (Å²) >= 11 is 1.45. The van der Waals surface area contributed by atoms with Gasteiger partial charge in [0.25, 0.3) is 5.91 Å². The van der Waals surface area contributed by atoms with E-state index in [4.69, 9.17) is 16.2 Å². The Bertz CT molecular complexity index is 1030. The van der Waals surface area contributed by atoms with Crippen molar-refractivity contribution in [3.05, 3.63) is 41.2 Å². The summed E-state index contributed by atoms with van der Waals surface area (Å²) in [4.78, 5) is 20.4. The van der Waals surface area contributed by atoms with Crippen molar-refractivity contribution in [1.29, 1.82) is 0 Å². The van der Waals surface area contributed by atoms with Crippen LogP contribution >= 0.6 is 11.3 Å². The average Bonchev–Trinajstić information content (AvgIpc) is 3.15. The number of carbonyl (C=O) groups is 1. The molecule has 2 unspecified atom stereocenters. The number of benzene rings is 1. The quantitative estimate of drug-likeness (QED) is 0.515. The van der Waals surface area contributed by atoms with Gasteiger partial charge >= 0.3 is 0 Å². The highest BCUT2D eigenvalue weighted by atomic mass is 32.1. The summed E-state index contributed by atoms with van der Waals surface area (Å²) in [7, 11) is 0. The molecule has 4 rings (SSSR count). The Labute approximate surface area is 164 Å². The smallest absolute Gasteiger partial charge is 0.252 e. The number of carbonyl (C=O) groups excluding carboxylic acids is 1. The second kappa shape index (κ2) is 7.66. The maximum Gasteiger partial charge on any atom is 0.252 e. The van der Waals surface area contributed by atoms with Crippen molar-refractivity contribution in [2.24, 2.45) is 11.5 Å². The molecule has 1 fully saturated rings. The van der Waals surface area contributed by atoms with Crippen LogP contribution in [0.1, 0.15) is 16.8 Å². The van der Waals surface area contributed by atoms with Gasteiger partial charge in [0.2, 0.25) is 0 Å². The standard InChI is InChI=1S/C18H19FN6O2S/c19-10-6-9(16(21)26)17(24-14-3-1-2-13-15(14)28-8-22-13)25-18(10)23-12-4-5-27-7-11(12)20/h1-3,6,8,11-12H,4-5,7,20H2,(H2,21,26)(H2,23,24,25). The van der Waals surface area contributed by atoms with E-state index in [1.165, 1.54) is 11.3 Å². The van der Waals surface area contributed by atoms with Crippen LogP contribution < -0.4 is 22.1 Å². The van der Waals surface area contributed by atoms with E-state index in [2.05, 4.69) is 20.6 Å². The van der Waals surface area contributed by atoms with Crippen molar-refractivity contribution >= 4 is 44.8 Å². The number of rotatable bonds is 5. The van der Waals surface area contributed by atoms with Crippen molar-refractivity contribution in [3.63, 3.8) is 0 Å². The van der Waals surface area contributed by atoms with Gasteiger partial charge in [-0.25, -0.2) is 14.4 Å². The zero-order chi connectivity index (χ0) is 19.7. The maximum atomic E-state index is 14.6. The van der Waals surface area contributed by atoms with Gasteiger partial charge in [0, 0.05) is 18.7 Å². The third kappa shape index (κ3) is 3.61. The fraction of sp³-hybridized carbons (Fsp3) is 0.278. The molecular weight excluding hydrogens is 383 g/mol. The van der Waals surface area contributed by atoms with Gasteiger partial charge in [-0.2, -0.15) is 0 Å². The Morgan fingerprint density at radius 1 is 1.36 bits per heavy atom. The number of aromatic nitrogens is 2. The number of ether oxygens (including phenoxy) is 1. The summed E-state index contributed by atoms with van der Waals surface area (Å²) in [5.41, 5.74) is 14.7. The fourth-order valence-electron chi connectivity index (χ4n) is 3.10. The first-order valence-electron chi connectivity index (χ1n) is 8.72. The Morgan fingerprint density at radius 2 is 2.21 bits per heavy atom. The summed E-state index contributed by atoms with van der Waals surface area (Å²) in [5.74, 6) is -1.28. The molecule has 3 aromatic rings. The fourth-order valence-corrected chi connectivity index (χ4v) is 3.86. The van der Waals surface area contributed by atoms with Crippen LogP contribution in [-0.2, 0) is 4.74 Å². The molecule has 1 aliphatic heterocycles. The number of anilines is 3. The molecule has 1 aliphatic rings. The Kier molecular flexibility index (Phi) is 5.07. The van der Waals surface area contributed by atoms with Gasteiger partial charge in [0.05, 0.1) is 33.6 Å².